The summed E-state index contributed by atoms with van der Waals surface area (Å²) in [6, 6.07) is 0. The summed E-state index contributed by atoms with van der Waals surface area (Å²) in [5, 5.41) is 0. The van der Waals surface area contributed by atoms with Crippen LogP contribution in [0.1, 0.15) is 12.8 Å². The van der Waals surface area contributed by atoms with Crippen molar-refractivity contribution in [3.8, 4) is 0 Å². The van der Waals surface area contributed by atoms with E-state index in [0.717, 1.165) is 37.5 Å². The third-order valence-electron chi connectivity index (χ3n) is 1.77. The highest BCUT2D eigenvalue weighted by atomic mass is 32.2. The smallest absolute Gasteiger partial charge is 0.147 e. The van der Waals surface area contributed by atoms with Gasteiger partial charge < -0.3 is 15.2 Å². The van der Waals surface area contributed by atoms with E-state index in [0.29, 0.717) is 12.9 Å². The molecule has 1 unspecified atom stereocenters. The van der Waals surface area contributed by atoms with E-state index in [1.807, 2.05) is 11.8 Å². The van der Waals surface area contributed by atoms with Crippen molar-refractivity contribution < 1.29 is 9.47 Å². The Balaban J connectivity index is 1.91. The summed E-state index contributed by atoms with van der Waals surface area (Å²) in [5.74, 6) is 2.24. The van der Waals surface area contributed by atoms with Crippen LogP contribution in [-0.2, 0) is 9.47 Å². The topological polar surface area (TPSA) is 44.5 Å². The van der Waals surface area contributed by atoms with Gasteiger partial charge in [0.2, 0.25) is 0 Å². The number of hydrogen-bond acceptors (Lipinski definition) is 4. The number of nitrogens with two attached hydrogens (primary N) is 1. The molecule has 1 atom stereocenters. The first-order chi connectivity index (χ1) is 5.93. The molecule has 72 valence electrons. The van der Waals surface area contributed by atoms with Crippen LogP contribution in [0, 0.1) is 0 Å². The van der Waals surface area contributed by atoms with Crippen LogP contribution in [0.15, 0.2) is 0 Å². The van der Waals surface area contributed by atoms with Gasteiger partial charge >= 0.3 is 0 Å². The summed E-state index contributed by atoms with van der Waals surface area (Å²) in [5.41, 5.74) is 5.38. The van der Waals surface area contributed by atoms with Crippen molar-refractivity contribution >= 4 is 11.8 Å². The van der Waals surface area contributed by atoms with Crippen molar-refractivity contribution in [2.24, 2.45) is 5.73 Å². The molecular weight excluding hydrogens is 174 g/mol. The Kier molecular flexibility index (Phi) is 5.77. The van der Waals surface area contributed by atoms with Gasteiger partial charge in [0.05, 0.1) is 12.7 Å². The van der Waals surface area contributed by atoms with Crippen LogP contribution >= 0.6 is 11.8 Å². The molecule has 0 bridgehead atoms. The molecule has 2 N–H and O–H groups in total. The zero-order valence-electron chi connectivity index (χ0n) is 7.33. The molecule has 1 aliphatic rings. The molecule has 0 aliphatic carbocycles. The van der Waals surface area contributed by atoms with Crippen LogP contribution in [0.4, 0.5) is 0 Å². The second-order valence-electron chi connectivity index (χ2n) is 2.82. The van der Waals surface area contributed by atoms with E-state index in [9.17, 15) is 0 Å². The van der Waals surface area contributed by atoms with E-state index in [-0.39, 0.29) is 0 Å². The maximum absolute atomic E-state index is 5.38. The molecular formula is C8H17NO2S. The van der Waals surface area contributed by atoms with Gasteiger partial charge in [-0.05, 0) is 25.1 Å². The van der Waals surface area contributed by atoms with Gasteiger partial charge in [-0.25, -0.2) is 0 Å². The van der Waals surface area contributed by atoms with E-state index < -0.39 is 0 Å². The van der Waals surface area contributed by atoms with E-state index in [2.05, 4.69) is 0 Å². The normalized spacial score (nSPS) is 24.2. The molecule has 3 nitrogen and oxygen atoms in total. The molecule has 0 spiro atoms. The second kappa shape index (κ2) is 6.71. The maximum atomic E-state index is 5.38. The van der Waals surface area contributed by atoms with Crippen molar-refractivity contribution in [2.75, 3.05) is 31.5 Å². The van der Waals surface area contributed by atoms with Crippen molar-refractivity contribution in [1.82, 2.24) is 0 Å². The van der Waals surface area contributed by atoms with Gasteiger partial charge in [-0.15, -0.1) is 0 Å². The van der Waals surface area contributed by atoms with Gasteiger partial charge in [0.1, 0.15) is 6.79 Å². The minimum atomic E-state index is 0.404. The van der Waals surface area contributed by atoms with Gasteiger partial charge in [0, 0.05) is 5.75 Å². The van der Waals surface area contributed by atoms with E-state index >= 15 is 0 Å². The SMILES string of the molecule is NCCCSCC1CCOCO1. The van der Waals surface area contributed by atoms with Crippen molar-refractivity contribution in [1.29, 1.82) is 0 Å². The fourth-order valence-corrected chi connectivity index (χ4v) is 2.10. The molecule has 1 aliphatic heterocycles. The predicted octanol–water partition coefficient (Wildman–Crippen LogP) is 0.831. The summed E-state index contributed by atoms with van der Waals surface area (Å²) in [6.07, 6.45) is 2.55. The average molecular weight is 191 g/mol. The second-order valence-corrected chi connectivity index (χ2v) is 3.97. The monoisotopic (exact) mass is 191 g/mol. The minimum absolute atomic E-state index is 0.404. The van der Waals surface area contributed by atoms with Gasteiger partial charge in [-0.3, -0.25) is 0 Å². The fourth-order valence-electron chi connectivity index (χ4n) is 1.03. The summed E-state index contributed by atoms with van der Waals surface area (Å²) < 4.78 is 10.5. The Hall–Kier alpha value is 0.230. The molecule has 12 heavy (non-hydrogen) atoms. The highest BCUT2D eigenvalue weighted by Gasteiger charge is 2.13. The van der Waals surface area contributed by atoms with Crippen LogP contribution in [0.3, 0.4) is 0 Å². The number of ether oxygens (including phenoxy) is 2. The zero-order valence-corrected chi connectivity index (χ0v) is 8.15. The van der Waals surface area contributed by atoms with Crippen molar-refractivity contribution in [2.45, 2.75) is 18.9 Å². The number of hydrogen-bond donors (Lipinski definition) is 1. The Bertz CT molecular complexity index is 107. The Labute approximate surface area is 78.0 Å². The van der Waals surface area contributed by atoms with Crippen LogP contribution < -0.4 is 5.73 Å². The Morgan fingerprint density at radius 3 is 3.08 bits per heavy atom. The Morgan fingerprint density at radius 2 is 2.42 bits per heavy atom. The fraction of sp³-hybridized carbons (Fsp3) is 1.00. The molecule has 0 amide bonds. The van der Waals surface area contributed by atoms with E-state index in [1.165, 1.54) is 0 Å². The van der Waals surface area contributed by atoms with Crippen LogP contribution in [0.2, 0.25) is 0 Å². The molecule has 4 heteroatoms. The molecule has 1 heterocycles. The summed E-state index contributed by atoms with van der Waals surface area (Å²) in [6.45, 7) is 2.12. The zero-order chi connectivity index (χ0) is 8.65. The van der Waals surface area contributed by atoms with E-state index in [4.69, 9.17) is 15.2 Å². The first-order valence-electron chi connectivity index (χ1n) is 4.40. The third-order valence-corrected chi connectivity index (χ3v) is 2.95. The molecule has 0 aromatic carbocycles. The average Bonchev–Trinajstić information content (AvgIpc) is 2.14. The molecule has 0 aromatic heterocycles. The number of thioether (sulfide) groups is 1. The largest absolute Gasteiger partial charge is 0.355 e. The number of rotatable bonds is 5. The minimum Gasteiger partial charge on any atom is -0.355 e. The van der Waals surface area contributed by atoms with Crippen LogP contribution in [-0.4, -0.2) is 37.6 Å². The van der Waals surface area contributed by atoms with Crippen molar-refractivity contribution in [3.63, 3.8) is 0 Å². The summed E-state index contributed by atoms with van der Waals surface area (Å²) in [4.78, 5) is 0. The molecule has 0 saturated carbocycles. The quantitative estimate of drug-likeness (QED) is 0.654. The van der Waals surface area contributed by atoms with E-state index in [1.54, 1.807) is 0 Å². The highest BCUT2D eigenvalue weighted by Crippen LogP contribution is 2.13. The first-order valence-corrected chi connectivity index (χ1v) is 5.56. The lowest BCUT2D eigenvalue weighted by Crippen LogP contribution is -2.25. The lowest BCUT2D eigenvalue weighted by Gasteiger charge is -2.22. The maximum Gasteiger partial charge on any atom is 0.147 e. The van der Waals surface area contributed by atoms with Crippen LogP contribution in [0.25, 0.3) is 0 Å². The summed E-state index contributed by atoms with van der Waals surface area (Å²) >= 11 is 1.92. The molecule has 1 saturated heterocycles. The first kappa shape index (κ1) is 10.3. The van der Waals surface area contributed by atoms with Gasteiger partial charge in [0.15, 0.2) is 0 Å². The van der Waals surface area contributed by atoms with Crippen molar-refractivity contribution in [3.05, 3.63) is 0 Å². The Morgan fingerprint density at radius 1 is 1.50 bits per heavy atom. The molecule has 1 fully saturated rings. The standard InChI is InChI=1S/C8H17NO2S/c9-3-1-5-12-6-8-2-4-10-7-11-8/h8H,1-7,9H2. The van der Waals surface area contributed by atoms with Gasteiger partial charge in [0.25, 0.3) is 0 Å². The van der Waals surface area contributed by atoms with Gasteiger partial charge in [-0.2, -0.15) is 11.8 Å². The predicted molar refractivity (Wildman–Crippen MR) is 51.3 cm³/mol. The summed E-state index contributed by atoms with van der Waals surface area (Å²) in [7, 11) is 0. The van der Waals surface area contributed by atoms with Gasteiger partial charge in [-0.1, -0.05) is 0 Å². The molecule has 0 aromatic rings. The highest BCUT2D eigenvalue weighted by molar-refractivity contribution is 7.99. The lowest BCUT2D eigenvalue weighted by molar-refractivity contribution is -0.130. The third kappa shape index (κ3) is 4.30. The lowest BCUT2D eigenvalue weighted by atomic mass is 10.3. The molecule has 1 rings (SSSR count). The molecule has 0 radical (unpaired) electrons. The van der Waals surface area contributed by atoms with Crippen LogP contribution in [0.5, 0.6) is 0 Å².